The maximum absolute atomic E-state index is 12.9. The summed E-state index contributed by atoms with van der Waals surface area (Å²) in [7, 11) is 0. The second-order valence-corrected chi connectivity index (χ2v) is 7.33. The van der Waals surface area contributed by atoms with Crippen molar-refractivity contribution in [2.45, 2.75) is 19.8 Å². The van der Waals surface area contributed by atoms with E-state index in [0.717, 1.165) is 31.5 Å². The zero-order chi connectivity index (χ0) is 19.2. The average Bonchev–Trinajstić information content (AvgIpc) is 2.68. The first kappa shape index (κ1) is 19.2. The van der Waals surface area contributed by atoms with E-state index >= 15 is 0 Å². The standard InChI is InChI=1S/C22H23ClN2O2/c1-16-12-14-25(15-13-16)22(27)19-4-2-3-5-20(19)24-21(26)11-8-17-6-9-18(23)10-7-17/h2-11,16H,12-15H2,1H3,(H,24,26)/b11-8+. The van der Waals surface area contributed by atoms with Crippen molar-refractivity contribution in [3.8, 4) is 0 Å². The molecular weight excluding hydrogens is 360 g/mol. The molecule has 4 nitrogen and oxygen atoms in total. The van der Waals surface area contributed by atoms with Gasteiger partial charge in [-0.1, -0.05) is 42.8 Å². The van der Waals surface area contributed by atoms with Crippen LogP contribution in [0.1, 0.15) is 35.7 Å². The molecule has 5 heteroatoms. The van der Waals surface area contributed by atoms with Gasteiger partial charge in [-0.15, -0.1) is 0 Å². The Morgan fingerprint density at radius 2 is 1.74 bits per heavy atom. The van der Waals surface area contributed by atoms with Crippen molar-refractivity contribution in [1.82, 2.24) is 4.90 Å². The van der Waals surface area contributed by atoms with E-state index < -0.39 is 0 Å². The lowest BCUT2D eigenvalue weighted by Gasteiger charge is -2.30. The van der Waals surface area contributed by atoms with Gasteiger partial charge >= 0.3 is 0 Å². The number of hydrogen-bond acceptors (Lipinski definition) is 2. The lowest BCUT2D eigenvalue weighted by atomic mass is 9.98. The molecule has 0 aliphatic carbocycles. The minimum atomic E-state index is -0.280. The van der Waals surface area contributed by atoms with Gasteiger partial charge in [0.05, 0.1) is 11.3 Å². The van der Waals surface area contributed by atoms with Crippen LogP contribution in [0, 0.1) is 5.92 Å². The van der Waals surface area contributed by atoms with E-state index in [0.29, 0.717) is 22.2 Å². The van der Waals surface area contributed by atoms with Gasteiger partial charge in [-0.2, -0.15) is 0 Å². The smallest absolute Gasteiger partial charge is 0.255 e. The van der Waals surface area contributed by atoms with Gasteiger partial charge in [0, 0.05) is 24.2 Å². The third-order valence-corrected chi connectivity index (χ3v) is 5.04. The molecule has 0 atom stereocenters. The Hall–Kier alpha value is -2.59. The molecule has 0 radical (unpaired) electrons. The Morgan fingerprint density at radius 1 is 1.07 bits per heavy atom. The molecular formula is C22H23ClN2O2. The Labute approximate surface area is 164 Å². The summed E-state index contributed by atoms with van der Waals surface area (Å²) >= 11 is 5.86. The predicted molar refractivity (Wildman–Crippen MR) is 110 cm³/mol. The van der Waals surface area contributed by atoms with Gasteiger partial charge in [-0.05, 0) is 54.7 Å². The number of nitrogens with zero attached hydrogens (tertiary/aromatic N) is 1. The van der Waals surface area contributed by atoms with Crippen LogP contribution in [-0.2, 0) is 4.79 Å². The first-order chi connectivity index (χ1) is 13.0. The number of halogens is 1. The van der Waals surface area contributed by atoms with Crippen LogP contribution in [0.25, 0.3) is 6.08 Å². The molecule has 2 aromatic carbocycles. The molecule has 1 fully saturated rings. The SMILES string of the molecule is CC1CCN(C(=O)c2ccccc2NC(=O)/C=C/c2ccc(Cl)cc2)CC1. The normalized spacial score (nSPS) is 15.1. The number of likely N-dealkylation sites (tertiary alicyclic amines) is 1. The molecule has 2 amide bonds. The van der Waals surface area contributed by atoms with Gasteiger partial charge in [-0.3, -0.25) is 9.59 Å². The molecule has 27 heavy (non-hydrogen) atoms. The summed E-state index contributed by atoms with van der Waals surface area (Å²) in [5.41, 5.74) is 1.94. The summed E-state index contributed by atoms with van der Waals surface area (Å²) in [6.07, 6.45) is 5.20. The highest BCUT2D eigenvalue weighted by Gasteiger charge is 2.23. The maximum Gasteiger partial charge on any atom is 0.255 e. The van der Waals surface area contributed by atoms with E-state index in [9.17, 15) is 9.59 Å². The fraction of sp³-hybridized carbons (Fsp3) is 0.273. The van der Waals surface area contributed by atoms with E-state index in [4.69, 9.17) is 11.6 Å². The van der Waals surface area contributed by atoms with Crippen LogP contribution in [0.4, 0.5) is 5.69 Å². The zero-order valence-corrected chi connectivity index (χ0v) is 16.1. The number of carbonyl (C=O) groups excluding carboxylic acids is 2. The lowest BCUT2D eigenvalue weighted by molar-refractivity contribution is -0.111. The maximum atomic E-state index is 12.9. The van der Waals surface area contributed by atoms with E-state index in [1.165, 1.54) is 6.08 Å². The van der Waals surface area contributed by atoms with Gasteiger partial charge in [0.2, 0.25) is 5.91 Å². The molecule has 2 aromatic rings. The second kappa shape index (κ2) is 8.87. The zero-order valence-electron chi connectivity index (χ0n) is 15.3. The highest BCUT2D eigenvalue weighted by molar-refractivity contribution is 6.30. The number of benzene rings is 2. The van der Waals surface area contributed by atoms with Gasteiger partial charge in [0.15, 0.2) is 0 Å². The lowest BCUT2D eigenvalue weighted by Crippen LogP contribution is -2.38. The number of rotatable bonds is 4. The second-order valence-electron chi connectivity index (χ2n) is 6.89. The molecule has 0 unspecified atom stereocenters. The quantitative estimate of drug-likeness (QED) is 0.767. The Morgan fingerprint density at radius 3 is 2.44 bits per heavy atom. The van der Waals surface area contributed by atoms with Crippen LogP contribution in [-0.4, -0.2) is 29.8 Å². The number of anilines is 1. The van der Waals surface area contributed by atoms with Crippen molar-refractivity contribution >= 4 is 35.2 Å². The highest BCUT2D eigenvalue weighted by atomic mass is 35.5. The van der Waals surface area contributed by atoms with Crippen LogP contribution in [0.5, 0.6) is 0 Å². The molecule has 0 aromatic heterocycles. The van der Waals surface area contributed by atoms with Gasteiger partial charge < -0.3 is 10.2 Å². The fourth-order valence-corrected chi connectivity index (χ4v) is 3.21. The molecule has 0 bridgehead atoms. The first-order valence-corrected chi connectivity index (χ1v) is 9.53. The average molecular weight is 383 g/mol. The van der Waals surface area contributed by atoms with Crippen LogP contribution >= 0.6 is 11.6 Å². The minimum Gasteiger partial charge on any atom is -0.339 e. The minimum absolute atomic E-state index is 0.0283. The van der Waals surface area contributed by atoms with Crippen molar-refractivity contribution in [3.05, 3.63) is 70.8 Å². The van der Waals surface area contributed by atoms with Crippen molar-refractivity contribution in [2.24, 2.45) is 5.92 Å². The number of para-hydroxylation sites is 1. The summed E-state index contributed by atoms with van der Waals surface area (Å²) < 4.78 is 0. The van der Waals surface area contributed by atoms with E-state index in [-0.39, 0.29) is 11.8 Å². The summed E-state index contributed by atoms with van der Waals surface area (Å²) in [5.74, 6) is 0.346. The molecule has 1 aliphatic heterocycles. The number of piperidine rings is 1. The number of carbonyl (C=O) groups is 2. The Kier molecular flexibility index (Phi) is 6.30. The van der Waals surface area contributed by atoms with E-state index in [1.54, 1.807) is 30.3 Å². The first-order valence-electron chi connectivity index (χ1n) is 9.16. The Bertz CT molecular complexity index is 838. The molecule has 1 heterocycles. The van der Waals surface area contributed by atoms with Gasteiger partial charge in [0.1, 0.15) is 0 Å². The summed E-state index contributed by atoms with van der Waals surface area (Å²) in [5, 5.41) is 3.47. The van der Waals surface area contributed by atoms with Crippen molar-refractivity contribution in [3.63, 3.8) is 0 Å². The molecule has 1 aliphatic rings. The summed E-state index contributed by atoms with van der Waals surface area (Å²) in [6, 6.07) is 14.4. The number of nitrogens with one attached hydrogen (secondary N) is 1. The molecule has 0 saturated carbocycles. The monoisotopic (exact) mass is 382 g/mol. The van der Waals surface area contributed by atoms with Crippen LogP contribution < -0.4 is 5.32 Å². The fourth-order valence-electron chi connectivity index (χ4n) is 3.08. The van der Waals surface area contributed by atoms with Crippen LogP contribution in [0.15, 0.2) is 54.6 Å². The van der Waals surface area contributed by atoms with Gasteiger partial charge in [-0.25, -0.2) is 0 Å². The van der Waals surface area contributed by atoms with E-state index in [2.05, 4.69) is 12.2 Å². The molecule has 140 valence electrons. The summed E-state index contributed by atoms with van der Waals surface area (Å²) in [4.78, 5) is 27.0. The topological polar surface area (TPSA) is 49.4 Å². The van der Waals surface area contributed by atoms with Crippen LogP contribution in [0.3, 0.4) is 0 Å². The third kappa shape index (κ3) is 5.20. The molecule has 3 rings (SSSR count). The van der Waals surface area contributed by atoms with Crippen molar-refractivity contribution in [2.75, 3.05) is 18.4 Å². The highest BCUT2D eigenvalue weighted by Crippen LogP contribution is 2.22. The van der Waals surface area contributed by atoms with Gasteiger partial charge in [0.25, 0.3) is 5.91 Å². The Balaban J connectivity index is 1.69. The van der Waals surface area contributed by atoms with E-state index in [1.807, 2.05) is 29.2 Å². The van der Waals surface area contributed by atoms with Crippen LogP contribution in [0.2, 0.25) is 5.02 Å². The summed E-state index contributed by atoms with van der Waals surface area (Å²) in [6.45, 7) is 3.74. The van der Waals surface area contributed by atoms with Crippen molar-refractivity contribution in [1.29, 1.82) is 0 Å². The van der Waals surface area contributed by atoms with Crippen molar-refractivity contribution < 1.29 is 9.59 Å². The molecule has 1 saturated heterocycles. The number of hydrogen-bond donors (Lipinski definition) is 1. The largest absolute Gasteiger partial charge is 0.339 e. The third-order valence-electron chi connectivity index (χ3n) is 4.78. The predicted octanol–water partition coefficient (Wildman–Crippen LogP) is 4.86. The molecule has 1 N–H and O–H groups in total. The molecule has 0 spiro atoms. The number of amides is 2.